The van der Waals surface area contributed by atoms with E-state index in [1.165, 1.54) is 0 Å². The topological polar surface area (TPSA) is 49.4 Å². The minimum atomic E-state index is -0.586. The van der Waals surface area contributed by atoms with Crippen molar-refractivity contribution in [2.45, 2.75) is 57.0 Å². The summed E-state index contributed by atoms with van der Waals surface area (Å²) in [5.74, 6) is 0.698. The van der Waals surface area contributed by atoms with E-state index in [4.69, 9.17) is 0 Å². The summed E-state index contributed by atoms with van der Waals surface area (Å²) < 4.78 is 0. The lowest BCUT2D eigenvalue weighted by atomic mass is 9.69. The van der Waals surface area contributed by atoms with Gasteiger partial charge in [-0.05, 0) is 38.0 Å². The van der Waals surface area contributed by atoms with Crippen LogP contribution in [0.15, 0.2) is 0 Å². The van der Waals surface area contributed by atoms with Gasteiger partial charge in [0.15, 0.2) is 0 Å². The monoisotopic (exact) mass is 236 g/mol. The van der Waals surface area contributed by atoms with Gasteiger partial charge in [-0.1, -0.05) is 13.8 Å². The van der Waals surface area contributed by atoms with Crippen LogP contribution in [0.5, 0.6) is 0 Å². The molecule has 1 spiro atoms. The Morgan fingerprint density at radius 2 is 2.06 bits per heavy atom. The summed E-state index contributed by atoms with van der Waals surface area (Å²) in [7, 11) is 0. The maximum absolute atomic E-state index is 12.6. The molecule has 0 aromatic heterocycles. The minimum Gasteiger partial charge on any atom is -0.340 e. The van der Waals surface area contributed by atoms with Crippen LogP contribution in [0, 0.1) is 5.92 Å². The standard InChI is InChI=1S/C13H20N2O2/c1-9(2)8-12-5-6-13(10(16)14-12)4-3-7-15(13)11(12)17/h9H,3-8H2,1-2H3,(H,14,16)/t12-,13+/m0/s1. The molecule has 0 radical (unpaired) electrons. The average Bonchev–Trinajstić information content (AvgIpc) is 2.67. The SMILES string of the molecule is CC(C)C[C@@]12CC[C@]3(CCCN3C1=O)C(=O)N2. The molecule has 17 heavy (non-hydrogen) atoms. The first-order valence-electron chi connectivity index (χ1n) is 6.65. The Bertz CT molecular complexity index is 393. The van der Waals surface area contributed by atoms with Gasteiger partial charge in [0.2, 0.25) is 11.8 Å². The number of hydrogen-bond acceptors (Lipinski definition) is 2. The van der Waals surface area contributed by atoms with Crippen molar-refractivity contribution < 1.29 is 9.59 Å². The highest BCUT2D eigenvalue weighted by atomic mass is 16.2. The zero-order valence-electron chi connectivity index (χ0n) is 10.6. The molecular formula is C13H20N2O2. The number of nitrogens with zero attached hydrogens (tertiary/aromatic N) is 1. The van der Waals surface area contributed by atoms with Gasteiger partial charge in [0.05, 0.1) is 0 Å². The number of piperidine rings is 2. The van der Waals surface area contributed by atoms with Gasteiger partial charge >= 0.3 is 0 Å². The number of piperazine rings is 1. The van der Waals surface area contributed by atoms with Crippen LogP contribution in [0.25, 0.3) is 0 Å². The van der Waals surface area contributed by atoms with E-state index in [0.717, 1.165) is 38.6 Å². The van der Waals surface area contributed by atoms with Gasteiger partial charge in [0, 0.05) is 6.54 Å². The molecule has 4 heteroatoms. The second-order valence-electron chi connectivity index (χ2n) is 6.23. The third kappa shape index (κ3) is 1.24. The second kappa shape index (κ2) is 3.24. The first-order chi connectivity index (χ1) is 8.00. The van der Waals surface area contributed by atoms with Gasteiger partial charge in [0.1, 0.15) is 11.1 Å². The van der Waals surface area contributed by atoms with Crippen molar-refractivity contribution in [3.8, 4) is 0 Å². The molecule has 2 atom stereocenters. The summed E-state index contributed by atoms with van der Waals surface area (Å²) in [5.41, 5.74) is -1.06. The van der Waals surface area contributed by atoms with Crippen molar-refractivity contribution in [1.29, 1.82) is 0 Å². The smallest absolute Gasteiger partial charge is 0.249 e. The maximum Gasteiger partial charge on any atom is 0.249 e. The molecule has 2 amide bonds. The van der Waals surface area contributed by atoms with Crippen LogP contribution in [-0.4, -0.2) is 34.3 Å². The Morgan fingerprint density at radius 1 is 1.29 bits per heavy atom. The number of nitrogens with one attached hydrogen (secondary N) is 1. The molecule has 0 aromatic rings. The van der Waals surface area contributed by atoms with E-state index >= 15 is 0 Å². The molecule has 0 aromatic carbocycles. The molecule has 4 fully saturated rings. The molecule has 4 rings (SSSR count). The van der Waals surface area contributed by atoms with E-state index in [9.17, 15) is 9.59 Å². The highest BCUT2D eigenvalue weighted by molar-refractivity contribution is 6.04. The molecule has 0 saturated carbocycles. The third-order valence-electron chi connectivity index (χ3n) is 4.64. The van der Waals surface area contributed by atoms with E-state index in [1.54, 1.807) is 0 Å². The van der Waals surface area contributed by atoms with Crippen LogP contribution in [0.3, 0.4) is 0 Å². The Hall–Kier alpha value is -1.06. The van der Waals surface area contributed by atoms with E-state index in [1.807, 2.05) is 4.90 Å². The number of fused-ring (bicyclic) bond motifs is 2. The molecule has 4 aliphatic rings. The molecule has 0 unspecified atom stereocenters. The van der Waals surface area contributed by atoms with Crippen LogP contribution in [-0.2, 0) is 9.59 Å². The Kier molecular flexibility index (Phi) is 2.11. The lowest BCUT2D eigenvalue weighted by Gasteiger charge is -2.55. The quantitative estimate of drug-likeness (QED) is 0.779. The minimum absolute atomic E-state index is 0.0986. The predicted molar refractivity (Wildman–Crippen MR) is 63.2 cm³/mol. The van der Waals surface area contributed by atoms with Crippen LogP contribution in [0.2, 0.25) is 0 Å². The largest absolute Gasteiger partial charge is 0.340 e. The van der Waals surface area contributed by atoms with E-state index in [2.05, 4.69) is 19.2 Å². The number of carbonyl (C=O) groups is 2. The molecule has 0 aliphatic carbocycles. The van der Waals surface area contributed by atoms with Crippen molar-refractivity contribution >= 4 is 11.8 Å². The molecule has 2 bridgehead atoms. The second-order valence-corrected chi connectivity index (χ2v) is 6.23. The number of rotatable bonds is 2. The molecular weight excluding hydrogens is 216 g/mol. The van der Waals surface area contributed by atoms with Crippen molar-refractivity contribution in [2.24, 2.45) is 5.92 Å². The van der Waals surface area contributed by atoms with Crippen molar-refractivity contribution in [1.82, 2.24) is 10.2 Å². The third-order valence-corrected chi connectivity index (χ3v) is 4.64. The normalized spacial score (nSPS) is 39.8. The highest BCUT2D eigenvalue weighted by Crippen LogP contribution is 2.47. The Balaban J connectivity index is 1.99. The van der Waals surface area contributed by atoms with Crippen molar-refractivity contribution in [2.75, 3.05) is 6.54 Å². The molecule has 4 nitrogen and oxygen atoms in total. The Labute approximate surface area is 102 Å². The number of hydrogen-bond donors (Lipinski definition) is 1. The Morgan fingerprint density at radius 3 is 2.71 bits per heavy atom. The summed E-state index contributed by atoms with van der Waals surface area (Å²) in [5, 5.41) is 3.04. The lowest BCUT2D eigenvalue weighted by molar-refractivity contribution is -0.169. The number of amides is 2. The summed E-state index contributed by atoms with van der Waals surface area (Å²) >= 11 is 0. The first kappa shape index (κ1) is 11.1. The van der Waals surface area contributed by atoms with E-state index < -0.39 is 11.1 Å². The summed E-state index contributed by atoms with van der Waals surface area (Å²) in [6.07, 6.45) is 4.27. The fourth-order valence-electron chi connectivity index (χ4n) is 3.96. The van der Waals surface area contributed by atoms with Gasteiger partial charge in [-0.15, -0.1) is 0 Å². The molecule has 94 valence electrons. The van der Waals surface area contributed by atoms with E-state index in [-0.39, 0.29) is 11.8 Å². The molecule has 4 saturated heterocycles. The van der Waals surface area contributed by atoms with Crippen LogP contribution >= 0.6 is 0 Å². The lowest BCUT2D eigenvalue weighted by Crippen LogP contribution is -2.78. The van der Waals surface area contributed by atoms with Crippen molar-refractivity contribution in [3.63, 3.8) is 0 Å². The zero-order valence-corrected chi connectivity index (χ0v) is 10.6. The fourth-order valence-corrected chi connectivity index (χ4v) is 3.96. The van der Waals surface area contributed by atoms with Gasteiger partial charge in [-0.25, -0.2) is 0 Å². The van der Waals surface area contributed by atoms with Crippen LogP contribution in [0.1, 0.15) is 46.0 Å². The van der Waals surface area contributed by atoms with Crippen LogP contribution in [0.4, 0.5) is 0 Å². The molecule has 1 N–H and O–H groups in total. The average molecular weight is 236 g/mol. The van der Waals surface area contributed by atoms with E-state index in [0.29, 0.717) is 5.92 Å². The predicted octanol–water partition coefficient (Wildman–Crippen LogP) is 1.06. The molecule has 4 heterocycles. The zero-order chi connectivity index (χ0) is 12.3. The van der Waals surface area contributed by atoms with Gasteiger partial charge < -0.3 is 10.2 Å². The summed E-state index contributed by atoms with van der Waals surface area (Å²) in [4.78, 5) is 26.7. The van der Waals surface area contributed by atoms with Crippen molar-refractivity contribution in [3.05, 3.63) is 0 Å². The highest BCUT2D eigenvalue weighted by Gasteiger charge is 2.64. The molecule has 4 aliphatic heterocycles. The summed E-state index contributed by atoms with van der Waals surface area (Å²) in [6, 6.07) is 0. The maximum atomic E-state index is 12.6. The first-order valence-corrected chi connectivity index (χ1v) is 6.65. The fraction of sp³-hybridized carbons (Fsp3) is 0.846. The number of carbonyl (C=O) groups excluding carboxylic acids is 2. The van der Waals surface area contributed by atoms with Gasteiger partial charge in [-0.2, -0.15) is 0 Å². The summed E-state index contributed by atoms with van der Waals surface area (Å²) in [6.45, 7) is 4.98. The van der Waals surface area contributed by atoms with Gasteiger partial charge in [0.25, 0.3) is 0 Å². The van der Waals surface area contributed by atoms with Crippen LogP contribution < -0.4 is 5.32 Å². The van der Waals surface area contributed by atoms with Gasteiger partial charge in [-0.3, -0.25) is 9.59 Å².